The molecule has 0 atom stereocenters. The quantitative estimate of drug-likeness (QED) is 0.702. The molecular weight excluding hydrogens is 320 g/mol. The lowest BCUT2D eigenvalue weighted by Gasteiger charge is -2.26. The van der Waals surface area contributed by atoms with Crippen LogP contribution in [0.5, 0.6) is 0 Å². The summed E-state index contributed by atoms with van der Waals surface area (Å²) in [7, 11) is 0. The van der Waals surface area contributed by atoms with E-state index in [0.29, 0.717) is 31.3 Å². The van der Waals surface area contributed by atoms with Gasteiger partial charge < -0.3 is 9.47 Å². The summed E-state index contributed by atoms with van der Waals surface area (Å²) in [5.41, 5.74) is 2.29. The summed E-state index contributed by atoms with van der Waals surface area (Å²) in [5, 5.41) is 9.68. The van der Waals surface area contributed by atoms with E-state index in [4.69, 9.17) is 10.2 Å². The van der Waals surface area contributed by atoms with Crippen LogP contribution in [0.25, 0.3) is 0 Å². The molecule has 1 aromatic heterocycles. The summed E-state index contributed by atoms with van der Waals surface area (Å²) < 4.78 is 2.36. The molecule has 132 valence electrons. The van der Waals surface area contributed by atoms with Crippen LogP contribution in [-0.4, -0.2) is 39.2 Å². The molecule has 0 bridgehead atoms. The Morgan fingerprint density at radius 2 is 2.08 bits per heavy atom. The maximum absolute atomic E-state index is 12.4. The first kappa shape index (κ1) is 18.9. The minimum absolute atomic E-state index is 0.0891. The van der Waals surface area contributed by atoms with Gasteiger partial charge in [0.15, 0.2) is 5.16 Å². The second kappa shape index (κ2) is 9.12. The fourth-order valence-corrected chi connectivity index (χ4v) is 4.39. The second-order valence-electron chi connectivity index (χ2n) is 6.40. The van der Waals surface area contributed by atoms with Crippen molar-refractivity contribution in [3.8, 4) is 6.07 Å². The Kier molecular flexibility index (Phi) is 7.16. The van der Waals surface area contributed by atoms with Crippen LogP contribution in [0.3, 0.4) is 0 Å². The molecule has 0 radical (unpaired) electrons. The Bertz CT molecular complexity index is 599. The molecule has 0 unspecified atom stereocenters. The van der Waals surface area contributed by atoms with Crippen molar-refractivity contribution in [3.63, 3.8) is 0 Å². The molecule has 6 heteroatoms. The van der Waals surface area contributed by atoms with Gasteiger partial charge in [-0.2, -0.15) is 5.26 Å². The Morgan fingerprint density at radius 1 is 1.38 bits per heavy atom. The largest absolute Gasteiger partial charge is 0.341 e. The minimum Gasteiger partial charge on any atom is -0.341 e. The number of nitrogens with zero attached hydrogens (tertiary/aromatic N) is 4. The average Bonchev–Trinajstić information content (AvgIpc) is 2.88. The Morgan fingerprint density at radius 3 is 2.71 bits per heavy atom. The Labute approximate surface area is 149 Å². The van der Waals surface area contributed by atoms with Crippen molar-refractivity contribution >= 4 is 17.7 Å². The topological polar surface area (TPSA) is 61.9 Å². The predicted molar refractivity (Wildman–Crippen MR) is 97.0 cm³/mol. The molecule has 1 heterocycles. The number of rotatable bonds is 7. The van der Waals surface area contributed by atoms with Gasteiger partial charge in [-0.1, -0.05) is 31.0 Å². The molecule has 1 fully saturated rings. The summed E-state index contributed by atoms with van der Waals surface area (Å²) in [5.74, 6) is 0.480. The van der Waals surface area contributed by atoms with Crippen molar-refractivity contribution in [1.82, 2.24) is 14.5 Å². The molecule has 0 saturated heterocycles. The fraction of sp³-hybridized carbons (Fsp3) is 0.722. The van der Waals surface area contributed by atoms with Crippen LogP contribution in [0.15, 0.2) is 5.16 Å². The first-order valence-electron chi connectivity index (χ1n) is 8.91. The third kappa shape index (κ3) is 4.54. The van der Waals surface area contributed by atoms with E-state index in [9.17, 15) is 4.79 Å². The van der Waals surface area contributed by atoms with Crippen LogP contribution in [0.4, 0.5) is 0 Å². The molecule has 0 aliphatic heterocycles. The number of aromatic nitrogens is 2. The molecule has 0 spiro atoms. The van der Waals surface area contributed by atoms with Crippen LogP contribution in [0, 0.1) is 25.2 Å². The molecule has 1 aliphatic rings. The van der Waals surface area contributed by atoms with Crippen LogP contribution in [0.2, 0.25) is 0 Å². The summed E-state index contributed by atoms with van der Waals surface area (Å²) in [6, 6.07) is 2.63. The van der Waals surface area contributed by atoms with Crippen molar-refractivity contribution in [2.45, 2.75) is 70.5 Å². The van der Waals surface area contributed by atoms with E-state index in [1.807, 2.05) is 13.8 Å². The van der Waals surface area contributed by atoms with Gasteiger partial charge in [-0.3, -0.25) is 4.79 Å². The second-order valence-corrected chi connectivity index (χ2v) is 7.34. The first-order valence-corrected chi connectivity index (χ1v) is 9.90. The molecule has 0 aromatic carbocycles. The first-order chi connectivity index (χ1) is 11.6. The monoisotopic (exact) mass is 348 g/mol. The van der Waals surface area contributed by atoms with E-state index < -0.39 is 0 Å². The highest BCUT2D eigenvalue weighted by atomic mass is 32.2. The lowest BCUT2D eigenvalue weighted by molar-refractivity contribution is -0.128. The zero-order valence-corrected chi connectivity index (χ0v) is 15.9. The van der Waals surface area contributed by atoms with Crippen molar-refractivity contribution in [3.05, 3.63) is 11.4 Å². The molecule has 1 saturated carbocycles. The fourth-order valence-electron chi connectivity index (χ4n) is 3.33. The number of thioether (sulfide) groups is 1. The molecule has 1 aliphatic carbocycles. The van der Waals surface area contributed by atoms with Crippen LogP contribution in [-0.2, 0) is 4.79 Å². The van der Waals surface area contributed by atoms with E-state index in [1.165, 1.54) is 49.6 Å². The summed E-state index contributed by atoms with van der Waals surface area (Å²) >= 11 is 1.54. The maximum Gasteiger partial charge on any atom is 0.233 e. The lowest BCUT2D eigenvalue weighted by atomic mass is 9.95. The van der Waals surface area contributed by atoms with Crippen molar-refractivity contribution in [2.24, 2.45) is 0 Å². The van der Waals surface area contributed by atoms with E-state index in [2.05, 4.69) is 17.6 Å². The highest BCUT2D eigenvalue weighted by Gasteiger charge is 2.23. The number of hydrogen-bond donors (Lipinski definition) is 0. The summed E-state index contributed by atoms with van der Waals surface area (Å²) in [4.78, 5) is 18.9. The van der Waals surface area contributed by atoms with Crippen LogP contribution < -0.4 is 0 Å². The molecule has 0 N–H and O–H groups in total. The van der Waals surface area contributed by atoms with E-state index in [0.717, 1.165) is 10.9 Å². The number of carbonyl (C=O) groups is 1. The van der Waals surface area contributed by atoms with Gasteiger partial charge in [-0.25, -0.2) is 4.98 Å². The Hall–Kier alpha value is -1.48. The van der Waals surface area contributed by atoms with E-state index >= 15 is 0 Å². The van der Waals surface area contributed by atoms with Gasteiger partial charge in [0.1, 0.15) is 0 Å². The predicted octanol–water partition coefficient (Wildman–Crippen LogP) is 3.86. The highest BCUT2D eigenvalue weighted by molar-refractivity contribution is 7.99. The number of nitriles is 1. The summed E-state index contributed by atoms with van der Waals surface area (Å²) in [6.07, 6.45) is 6.70. The van der Waals surface area contributed by atoms with E-state index in [-0.39, 0.29) is 5.91 Å². The van der Waals surface area contributed by atoms with Gasteiger partial charge in [0.05, 0.1) is 23.9 Å². The Balaban J connectivity index is 2.05. The third-order valence-corrected chi connectivity index (χ3v) is 5.78. The average molecular weight is 349 g/mol. The standard InChI is InChI=1S/C18H28N4OS/c1-4-21(12-8-11-19)17(23)13-24-18-20-14(2)15(3)22(18)16-9-6-5-7-10-16/h16H,4-10,12-13H2,1-3H3. The lowest BCUT2D eigenvalue weighted by Crippen LogP contribution is -2.33. The SMILES string of the molecule is CCN(CCC#N)C(=O)CSc1nc(C)c(C)n1C1CCCCC1. The molecule has 5 nitrogen and oxygen atoms in total. The minimum atomic E-state index is 0.0891. The van der Waals surface area contributed by atoms with Crippen LogP contribution >= 0.6 is 11.8 Å². The zero-order chi connectivity index (χ0) is 17.5. The van der Waals surface area contributed by atoms with Gasteiger partial charge >= 0.3 is 0 Å². The molecule has 1 aromatic rings. The highest BCUT2D eigenvalue weighted by Crippen LogP contribution is 2.34. The van der Waals surface area contributed by atoms with Gasteiger partial charge in [0, 0.05) is 24.8 Å². The summed E-state index contributed by atoms with van der Waals surface area (Å²) in [6.45, 7) is 7.30. The van der Waals surface area contributed by atoms with Crippen molar-refractivity contribution < 1.29 is 4.79 Å². The molecular formula is C18H28N4OS. The molecule has 1 amide bonds. The van der Waals surface area contributed by atoms with Gasteiger partial charge in [-0.05, 0) is 33.6 Å². The van der Waals surface area contributed by atoms with Gasteiger partial charge in [0.25, 0.3) is 0 Å². The third-order valence-electron chi connectivity index (χ3n) is 4.85. The number of hydrogen-bond acceptors (Lipinski definition) is 4. The van der Waals surface area contributed by atoms with Gasteiger partial charge in [0.2, 0.25) is 5.91 Å². The van der Waals surface area contributed by atoms with Gasteiger partial charge in [-0.15, -0.1) is 0 Å². The van der Waals surface area contributed by atoms with Crippen molar-refractivity contribution in [2.75, 3.05) is 18.8 Å². The number of amides is 1. The number of imidazole rings is 1. The van der Waals surface area contributed by atoms with E-state index in [1.54, 1.807) is 4.90 Å². The number of aryl methyl sites for hydroxylation is 1. The van der Waals surface area contributed by atoms with Crippen LogP contribution in [0.1, 0.15) is 62.9 Å². The maximum atomic E-state index is 12.4. The molecule has 24 heavy (non-hydrogen) atoms. The number of carbonyl (C=O) groups excluding carboxylic acids is 1. The van der Waals surface area contributed by atoms with Crippen molar-refractivity contribution in [1.29, 1.82) is 5.26 Å². The molecule has 2 rings (SSSR count). The smallest absolute Gasteiger partial charge is 0.233 e. The normalized spacial score (nSPS) is 15.2. The zero-order valence-electron chi connectivity index (χ0n) is 15.0.